The van der Waals surface area contributed by atoms with Gasteiger partial charge < -0.3 is 5.32 Å². The molecule has 0 amide bonds. The quantitative estimate of drug-likeness (QED) is 0.738. The van der Waals surface area contributed by atoms with Gasteiger partial charge in [-0.25, -0.2) is 0 Å². The zero-order valence-electron chi connectivity index (χ0n) is 9.13. The standard InChI is InChI=1S/C12H18ClNS/c1-15-10-2-8-14-9-7-11-3-5-12(13)6-4-11/h3-6,14H,2,7-10H2,1H3. The first-order valence-corrected chi connectivity index (χ1v) is 7.04. The lowest BCUT2D eigenvalue weighted by atomic mass is 10.1. The number of benzene rings is 1. The third-order valence-electron chi connectivity index (χ3n) is 2.21. The molecule has 0 unspecified atom stereocenters. The van der Waals surface area contributed by atoms with E-state index in [9.17, 15) is 0 Å². The van der Waals surface area contributed by atoms with E-state index in [2.05, 4.69) is 23.7 Å². The van der Waals surface area contributed by atoms with Crippen molar-refractivity contribution in [2.24, 2.45) is 0 Å². The van der Waals surface area contributed by atoms with Crippen LogP contribution < -0.4 is 5.32 Å². The summed E-state index contributed by atoms with van der Waals surface area (Å²) in [5, 5.41) is 4.25. The Bertz CT molecular complexity index is 261. The molecule has 0 aliphatic heterocycles. The van der Waals surface area contributed by atoms with Crippen LogP contribution in [0, 0.1) is 0 Å². The molecule has 0 spiro atoms. The van der Waals surface area contributed by atoms with Crippen LogP contribution in [-0.4, -0.2) is 25.1 Å². The number of nitrogens with one attached hydrogen (secondary N) is 1. The summed E-state index contributed by atoms with van der Waals surface area (Å²) in [7, 11) is 0. The lowest BCUT2D eigenvalue weighted by molar-refractivity contribution is 0.674. The van der Waals surface area contributed by atoms with Crippen LogP contribution in [0.4, 0.5) is 0 Å². The number of hydrogen-bond acceptors (Lipinski definition) is 2. The van der Waals surface area contributed by atoms with Crippen molar-refractivity contribution in [1.82, 2.24) is 5.32 Å². The molecule has 0 fully saturated rings. The third kappa shape index (κ3) is 6.08. The minimum Gasteiger partial charge on any atom is -0.316 e. The van der Waals surface area contributed by atoms with E-state index in [-0.39, 0.29) is 0 Å². The zero-order valence-corrected chi connectivity index (χ0v) is 10.7. The van der Waals surface area contributed by atoms with Crippen molar-refractivity contribution in [1.29, 1.82) is 0 Å². The van der Waals surface area contributed by atoms with E-state index in [1.165, 1.54) is 17.7 Å². The lowest BCUT2D eigenvalue weighted by Gasteiger charge is -2.04. The van der Waals surface area contributed by atoms with Gasteiger partial charge >= 0.3 is 0 Å². The van der Waals surface area contributed by atoms with Gasteiger partial charge in [0.1, 0.15) is 0 Å². The molecule has 15 heavy (non-hydrogen) atoms. The summed E-state index contributed by atoms with van der Waals surface area (Å²) < 4.78 is 0. The van der Waals surface area contributed by atoms with Gasteiger partial charge in [-0.1, -0.05) is 23.7 Å². The Morgan fingerprint density at radius 3 is 2.60 bits per heavy atom. The molecule has 0 aromatic heterocycles. The summed E-state index contributed by atoms with van der Waals surface area (Å²) in [6.07, 6.45) is 4.48. The van der Waals surface area contributed by atoms with Crippen LogP contribution in [-0.2, 0) is 6.42 Å². The van der Waals surface area contributed by atoms with E-state index < -0.39 is 0 Å². The average molecular weight is 244 g/mol. The summed E-state index contributed by atoms with van der Waals surface area (Å²) >= 11 is 7.72. The van der Waals surface area contributed by atoms with Crippen LogP contribution in [0.3, 0.4) is 0 Å². The molecule has 0 bridgehead atoms. The molecule has 3 heteroatoms. The SMILES string of the molecule is CSCCCNCCc1ccc(Cl)cc1. The predicted octanol–water partition coefficient (Wildman–Crippen LogP) is 3.23. The molecular weight excluding hydrogens is 226 g/mol. The van der Waals surface area contributed by atoms with Gasteiger partial charge in [-0.15, -0.1) is 0 Å². The molecule has 1 rings (SSSR count). The van der Waals surface area contributed by atoms with Gasteiger partial charge in [0.05, 0.1) is 0 Å². The van der Waals surface area contributed by atoms with Crippen LogP contribution in [0.2, 0.25) is 5.02 Å². The molecule has 0 aliphatic carbocycles. The first-order valence-electron chi connectivity index (χ1n) is 5.27. The molecule has 1 aromatic carbocycles. The Morgan fingerprint density at radius 2 is 1.93 bits per heavy atom. The molecule has 0 atom stereocenters. The average Bonchev–Trinajstić information content (AvgIpc) is 2.26. The molecule has 0 heterocycles. The van der Waals surface area contributed by atoms with Gasteiger partial charge in [0.25, 0.3) is 0 Å². The lowest BCUT2D eigenvalue weighted by Crippen LogP contribution is -2.18. The highest BCUT2D eigenvalue weighted by Crippen LogP contribution is 2.09. The van der Waals surface area contributed by atoms with Crippen LogP contribution in [0.15, 0.2) is 24.3 Å². The Kier molecular flexibility index (Phi) is 6.90. The van der Waals surface area contributed by atoms with Crippen LogP contribution in [0.5, 0.6) is 0 Å². The molecule has 1 N–H and O–H groups in total. The second kappa shape index (κ2) is 8.03. The van der Waals surface area contributed by atoms with Gasteiger partial charge in [0.2, 0.25) is 0 Å². The van der Waals surface area contributed by atoms with Crippen molar-refractivity contribution in [3.8, 4) is 0 Å². The Hall–Kier alpha value is -0.180. The summed E-state index contributed by atoms with van der Waals surface area (Å²) in [5.41, 5.74) is 1.34. The van der Waals surface area contributed by atoms with E-state index in [1.807, 2.05) is 23.9 Å². The smallest absolute Gasteiger partial charge is 0.0406 e. The maximum absolute atomic E-state index is 5.81. The van der Waals surface area contributed by atoms with Crippen molar-refractivity contribution in [2.45, 2.75) is 12.8 Å². The second-order valence-corrected chi connectivity index (χ2v) is 4.89. The molecule has 0 aliphatic rings. The molecule has 0 saturated heterocycles. The van der Waals surface area contributed by atoms with E-state index in [1.54, 1.807) is 0 Å². The Balaban J connectivity index is 2.07. The van der Waals surface area contributed by atoms with Gasteiger partial charge in [0, 0.05) is 5.02 Å². The van der Waals surface area contributed by atoms with Crippen molar-refractivity contribution >= 4 is 23.4 Å². The number of rotatable bonds is 7. The van der Waals surface area contributed by atoms with Crippen LogP contribution in [0.25, 0.3) is 0 Å². The molecule has 0 saturated carbocycles. The van der Waals surface area contributed by atoms with Gasteiger partial charge in [-0.05, 0) is 55.6 Å². The third-order valence-corrected chi connectivity index (χ3v) is 3.15. The first-order chi connectivity index (χ1) is 7.33. The number of thioether (sulfide) groups is 1. The minimum absolute atomic E-state index is 0.812. The van der Waals surface area contributed by atoms with Crippen molar-refractivity contribution < 1.29 is 0 Å². The highest BCUT2D eigenvalue weighted by atomic mass is 35.5. The Labute approximate surface area is 102 Å². The van der Waals surface area contributed by atoms with Gasteiger partial charge in [-0.3, -0.25) is 0 Å². The minimum atomic E-state index is 0.812. The molecular formula is C12H18ClNS. The largest absolute Gasteiger partial charge is 0.316 e. The van der Waals surface area contributed by atoms with Gasteiger partial charge in [0.15, 0.2) is 0 Å². The Morgan fingerprint density at radius 1 is 1.20 bits per heavy atom. The summed E-state index contributed by atoms with van der Waals surface area (Å²) in [6.45, 7) is 2.17. The molecule has 1 nitrogen and oxygen atoms in total. The van der Waals surface area contributed by atoms with Crippen LogP contribution >= 0.6 is 23.4 Å². The maximum atomic E-state index is 5.81. The van der Waals surface area contributed by atoms with Crippen molar-refractivity contribution in [3.05, 3.63) is 34.9 Å². The monoisotopic (exact) mass is 243 g/mol. The van der Waals surface area contributed by atoms with E-state index >= 15 is 0 Å². The fourth-order valence-corrected chi connectivity index (χ4v) is 1.91. The number of halogens is 1. The molecule has 84 valence electrons. The summed E-state index contributed by atoms with van der Waals surface area (Å²) in [6, 6.07) is 8.08. The first kappa shape index (κ1) is 12.9. The predicted molar refractivity (Wildman–Crippen MR) is 71.0 cm³/mol. The zero-order chi connectivity index (χ0) is 10.9. The fourth-order valence-electron chi connectivity index (χ4n) is 1.35. The number of hydrogen-bond donors (Lipinski definition) is 1. The molecule has 1 aromatic rings. The summed E-state index contributed by atoms with van der Waals surface area (Å²) in [5.74, 6) is 1.24. The fraction of sp³-hybridized carbons (Fsp3) is 0.500. The van der Waals surface area contributed by atoms with Crippen molar-refractivity contribution in [2.75, 3.05) is 25.1 Å². The second-order valence-electron chi connectivity index (χ2n) is 3.47. The van der Waals surface area contributed by atoms with E-state index in [4.69, 9.17) is 11.6 Å². The van der Waals surface area contributed by atoms with Gasteiger partial charge in [-0.2, -0.15) is 11.8 Å². The highest BCUT2D eigenvalue weighted by molar-refractivity contribution is 7.98. The van der Waals surface area contributed by atoms with Crippen LogP contribution in [0.1, 0.15) is 12.0 Å². The van der Waals surface area contributed by atoms with E-state index in [0.717, 1.165) is 24.5 Å². The highest BCUT2D eigenvalue weighted by Gasteiger charge is 1.93. The maximum Gasteiger partial charge on any atom is 0.0406 e. The molecule has 0 radical (unpaired) electrons. The van der Waals surface area contributed by atoms with Crippen molar-refractivity contribution in [3.63, 3.8) is 0 Å². The summed E-state index contributed by atoms with van der Waals surface area (Å²) in [4.78, 5) is 0. The normalized spacial score (nSPS) is 10.5. The topological polar surface area (TPSA) is 12.0 Å². The van der Waals surface area contributed by atoms with E-state index in [0.29, 0.717) is 0 Å².